The first kappa shape index (κ1) is 18.4. The third-order valence-electron chi connectivity index (χ3n) is 5.39. The number of nitrogens with zero attached hydrogens (tertiary/aromatic N) is 4. The Bertz CT molecular complexity index is 1180. The smallest absolute Gasteiger partial charge is 0.260 e. The molecule has 0 saturated carbocycles. The average molecular weight is 403 g/mol. The number of carbonyl (C=O) groups excluding carboxylic acids is 1. The Balaban J connectivity index is 1.46. The lowest BCUT2D eigenvalue weighted by Gasteiger charge is -2.28. The summed E-state index contributed by atoms with van der Waals surface area (Å²) in [6, 6.07) is 9.19. The second-order valence-electron chi connectivity index (χ2n) is 7.37. The molecule has 1 amide bonds. The standard InChI is InChI=1S/C22H21N5O3/c1-14-18(19-20(23-13-24-22(19)29-14)27-11-3-2-4-12-27)21(28)26-16-7-5-15(6-8-16)17-9-10-25-30-17/h5-10,13H,2-4,11-12H2,1H3,(H,26,28). The fraction of sp³-hybridized carbons (Fsp3) is 0.273. The van der Waals surface area contributed by atoms with Gasteiger partial charge in [-0.05, 0) is 50.5 Å². The number of furan rings is 1. The molecule has 1 aromatic carbocycles. The van der Waals surface area contributed by atoms with Crippen molar-refractivity contribution in [3.05, 3.63) is 54.2 Å². The number of aryl methyl sites for hydroxylation is 1. The number of hydrogen-bond acceptors (Lipinski definition) is 7. The van der Waals surface area contributed by atoms with E-state index in [1.165, 1.54) is 12.7 Å². The van der Waals surface area contributed by atoms with Crippen molar-refractivity contribution in [1.29, 1.82) is 0 Å². The van der Waals surface area contributed by atoms with Gasteiger partial charge in [-0.15, -0.1) is 0 Å². The zero-order valence-corrected chi connectivity index (χ0v) is 16.6. The van der Waals surface area contributed by atoms with Gasteiger partial charge in [-0.25, -0.2) is 9.97 Å². The van der Waals surface area contributed by atoms with Crippen LogP contribution < -0.4 is 10.2 Å². The van der Waals surface area contributed by atoms with Gasteiger partial charge in [0.2, 0.25) is 5.71 Å². The normalized spacial score (nSPS) is 14.2. The molecular formula is C22H21N5O3. The summed E-state index contributed by atoms with van der Waals surface area (Å²) in [7, 11) is 0. The summed E-state index contributed by atoms with van der Waals surface area (Å²) in [6.45, 7) is 3.62. The molecule has 5 rings (SSSR count). The monoisotopic (exact) mass is 403 g/mol. The lowest BCUT2D eigenvalue weighted by Crippen LogP contribution is -2.30. The minimum Gasteiger partial charge on any atom is -0.442 e. The third-order valence-corrected chi connectivity index (χ3v) is 5.39. The van der Waals surface area contributed by atoms with Crippen LogP contribution >= 0.6 is 0 Å². The molecule has 1 saturated heterocycles. The van der Waals surface area contributed by atoms with Crippen molar-refractivity contribution in [2.45, 2.75) is 26.2 Å². The molecule has 4 heterocycles. The van der Waals surface area contributed by atoms with E-state index in [-0.39, 0.29) is 5.91 Å². The summed E-state index contributed by atoms with van der Waals surface area (Å²) in [5, 5.41) is 7.35. The fourth-order valence-corrected chi connectivity index (χ4v) is 3.92. The maximum atomic E-state index is 13.2. The summed E-state index contributed by atoms with van der Waals surface area (Å²) in [4.78, 5) is 24.1. The molecule has 3 aromatic heterocycles. The van der Waals surface area contributed by atoms with Gasteiger partial charge in [0, 0.05) is 30.4 Å². The zero-order valence-electron chi connectivity index (χ0n) is 16.6. The Morgan fingerprint density at radius 2 is 1.87 bits per heavy atom. The molecule has 0 radical (unpaired) electrons. The number of rotatable bonds is 4. The lowest BCUT2D eigenvalue weighted by molar-refractivity contribution is 0.102. The van der Waals surface area contributed by atoms with E-state index in [0.717, 1.165) is 37.3 Å². The highest BCUT2D eigenvalue weighted by Crippen LogP contribution is 2.33. The molecule has 0 aliphatic carbocycles. The Hall–Kier alpha value is -3.68. The number of carbonyl (C=O) groups is 1. The number of nitrogens with one attached hydrogen (secondary N) is 1. The largest absolute Gasteiger partial charge is 0.442 e. The summed E-state index contributed by atoms with van der Waals surface area (Å²) in [5.74, 6) is 1.72. The Morgan fingerprint density at radius 3 is 2.60 bits per heavy atom. The van der Waals surface area contributed by atoms with Crippen LogP contribution in [-0.2, 0) is 0 Å². The molecule has 1 aliphatic rings. The number of hydrogen-bond donors (Lipinski definition) is 1. The van der Waals surface area contributed by atoms with Gasteiger partial charge < -0.3 is 19.2 Å². The van der Waals surface area contributed by atoms with Gasteiger partial charge in [0.25, 0.3) is 5.91 Å². The number of piperidine rings is 1. The highest BCUT2D eigenvalue weighted by Gasteiger charge is 2.26. The molecule has 1 fully saturated rings. The maximum absolute atomic E-state index is 13.2. The van der Waals surface area contributed by atoms with Crippen LogP contribution in [0.1, 0.15) is 35.4 Å². The highest BCUT2D eigenvalue weighted by molar-refractivity contribution is 6.15. The van der Waals surface area contributed by atoms with E-state index in [1.807, 2.05) is 24.3 Å². The SMILES string of the molecule is Cc1oc2ncnc(N3CCCCC3)c2c1C(=O)Nc1ccc(-c2ccno2)cc1. The third kappa shape index (κ3) is 3.30. The van der Waals surface area contributed by atoms with Crippen LogP contribution in [0.4, 0.5) is 11.5 Å². The first-order valence-electron chi connectivity index (χ1n) is 10.0. The van der Waals surface area contributed by atoms with Gasteiger partial charge in [-0.2, -0.15) is 0 Å². The molecule has 0 spiro atoms. The Kier molecular flexibility index (Phi) is 4.66. The molecule has 0 bridgehead atoms. The van der Waals surface area contributed by atoms with Crippen molar-refractivity contribution in [2.75, 3.05) is 23.3 Å². The number of amides is 1. The van der Waals surface area contributed by atoms with E-state index in [9.17, 15) is 4.79 Å². The molecule has 8 nitrogen and oxygen atoms in total. The van der Waals surface area contributed by atoms with Crippen LogP contribution in [0, 0.1) is 6.92 Å². The van der Waals surface area contributed by atoms with E-state index >= 15 is 0 Å². The highest BCUT2D eigenvalue weighted by atomic mass is 16.5. The summed E-state index contributed by atoms with van der Waals surface area (Å²) < 4.78 is 11.0. The van der Waals surface area contributed by atoms with Crippen LogP contribution in [0.3, 0.4) is 0 Å². The van der Waals surface area contributed by atoms with E-state index in [0.29, 0.717) is 33.9 Å². The summed E-state index contributed by atoms with van der Waals surface area (Å²) in [5.41, 5.74) is 2.48. The fourth-order valence-electron chi connectivity index (χ4n) is 3.92. The van der Waals surface area contributed by atoms with Crippen molar-refractivity contribution in [3.8, 4) is 11.3 Å². The summed E-state index contributed by atoms with van der Waals surface area (Å²) >= 11 is 0. The first-order chi connectivity index (χ1) is 14.7. The molecule has 8 heteroatoms. The van der Waals surface area contributed by atoms with E-state index < -0.39 is 0 Å². The minimum absolute atomic E-state index is 0.244. The number of benzene rings is 1. The van der Waals surface area contributed by atoms with Crippen LogP contribution in [0.2, 0.25) is 0 Å². The number of anilines is 2. The van der Waals surface area contributed by atoms with Gasteiger partial charge in [0.1, 0.15) is 17.9 Å². The number of aromatic nitrogens is 3. The molecule has 152 valence electrons. The molecule has 30 heavy (non-hydrogen) atoms. The second-order valence-corrected chi connectivity index (χ2v) is 7.37. The van der Waals surface area contributed by atoms with Gasteiger partial charge in [-0.3, -0.25) is 4.79 Å². The van der Waals surface area contributed by atoms with E-state index in [2.05, 4.69) is 25.3 Å². The summed E-state index contributed by atoms with van der Waals surface area (Å²) in [6.07, 6.45) is 6.54. The van der Waals surface area contributed by atoms with Crippen LogP contribution in [-0.4, -0.2) is 34.1 Å². The molecule has 0 atom stereocenters. The van der Waals surface area contributed by atoms with E-state index in [4.69, 9.17) is 8.94 Å². The maximum Gasteiger partial charge on any atom is 0.260 e. The minimum atomic E-state index is -0.244. The van der Waals surface area contributed by atoms with Crippen LogP contribution in [0.15, 0.2) is 51.8 Å². The van der Waals surface area contributed by atoms with Crippen molar-refractivity contribution in [1.82, 2.24) is 15.1 Å². The molecular weight excluding hydrogens is 382 g/mol. The van der Waals surface area contributed by atoms with Crippen LogP contribution in [0.5, 0.6) is 0 Å². The Morgan fingerprint density at radius 1 is 1.07 bits per heavy atom. The quantitative estimate of drug-likeness (QED) is 0.538. The zero-order chi connectivity index (χ0) is 20.5. The Labute approximate surface area is 172 Å². The van der Waals surface area contributed by atoms with Crippen LogP contribution in [0.25, 0.3) is 22.4 Å². The second kappa shape index (κ2) is 7.62. The predicted octanol–water partition coefficient (Wildman–Crippen LogP) is 4.43. The van der Waals surface area contributed by atoms with Crippen molar-refractivity contribution >= 4 is 28.5 Å². The average Bonchev–Trinajstić information content (AvgIpc) is 3.42. The van der Waals surface area contributed by atoms with E-state index in [1.54, 1.807) is 19.2 Å². The molecule has 1 N–H and O–H groups in total. The molecule has 0 unspecified atom stereocenters. The predicted molar refractivity (Wildman–Crippen MR) is 112 cm³/mol. The first-order valence-corrected chi connectivity index (χ1v) is 10.0. The molecule has 4 aromatic rings. The van der Waals surface area contributed by atoms with Crippen molar-refractivity contribution in [3.63, 3.8) is 0 Å². The van der Waals surface area contributed by atoms with Gasteiger partial charge >= 0.3 is 0 Å². The lowest BCUT2D eigenvalue weighted by atomic mass is 10.1. The number of fused-ring (bicyclic) bond motifs is 1. The van der Waals surface area contributed by atoms with Gasteiger partial charge in [0.15, 0.2) is 5.76 Å². The topological polar surface area (TPSA) is 97.3 Å². The van der Waals surface area contributed by atoms with Gasteiger partial charge in [0.05, 0.1) is 17.1 Å². The van der Waals surface area contributed by atoms with Crippen molar-refractivity contribution in [2.24, 2.45) is 0 Å². The van der Waals surface area contributed by atoms with Gasteiger partial charge in [-0.1, -0.05) is 5.16 Å². The van der Waals surface area contributed by atoms with Crippen molar-refractivity contribution < 1.29 is 13.7 Å². The molecule has 1 aliphatic heterocycles.